The van der Waals surface area contributed by atoms with Crippen molar-refractivity contribution in [3.8, 4) is 5.75 Å². The summed E-state index contributed by atoms with van der Waals surface area (Å²) in [4.78, 5) is 13.8. The second-order valence-electron chi connectivity index (χ2n) is 5.31. The van der Waals surface area contributed by atoms with E-state index in [0.717, 1.165) is 17.7 Å². The van der Waals surface area contributed by atoms with Gasteiger partial charge in [0.25, 0.3) is 0 Å². The first-order chi connectivity index (χ1) is 10.8. The van der Waals surface area contributed by atoms with Crippen LogP contribution in [0.5, 0.6) is 5.75 Å². The van der Waals surface area contributed by atoms with Crippen LogP contribution in [-0.4, -0.2) is 19.1 Å². The van der Waals surface area contributed by atoms with E-state index in [1.165, 1.54) is 6.07 Å². The molecule has 0 fully saturated rings. The van der Waals surface area contributed by atoms with Crippen LogP contribution in [0.25, 0.3) is 0 Å². The fourth-order valence-electron chi connectivity index (χ4n) is 2.72. The van der Waals surface area contributed by atoms with Gasteiger partial charge in [0.15, 0.2) is 0 Å². The first-order valence-electron chi connectivity index (χ1n) is 7.51. The van der Waals surface area contributed by atoms with E-state index in [-0.39, 0.29) is 11.7 Å². The van der Waals surface area contributed by atoms with Gasteiger partial charge in [0.05, 0.1) is 12.3 Å². The van der Waals surface area contributed by atoms with Gasteiger partial charge in [-0.1, -0.05) is 30.3 Å². The van der Waals surface area contributed by atoms with E-state index in [0.29, 0.717) is 31.7 Å². The highest BCUT2D eigenvalue weighted by molar-refractivity contribution is 5.95. The monoisotopic (exact) mass is 299 g/mol. The lowest BCUT2D eigenvalue weighted by Crippen LogP contribution is -2.29. The molecule has 22 heavy (non-hydrogen) atoms. The molecule has 1 heterocycles. The number of hydrogen-bond donors (Lipinski definition) is 0. The first-order valence-corrected chi connectivity index (χ1v) is 7.51. The molecule has 0 atom stereocenters. The number of carbonyl (C=O) groups excluding carboxylic acids is 1. The molecule has 1 aliphatic rings. The predicted molar refractivity (Wildman–Crippen MR) is 83.6 cm³/mol. The number of rotatable bonds is 5. The molecule has 2 aromatic carbocycles. The van der Waals surface area contributed by atoms with Gasteiger partial charge < -0.3 is 9.64 Å². The Morgan fingerprint density at radius 2 is 1.95 bits per heavy atom. The minimum atomic E-state index is -0.316. The number of para-hydroxylation sites is 2. The van der Waals surface area contributed by atoms with Gasteiger partial charge in [-0.05, 0) is 36.6 Å². The maximum atomic E-state index is 13.9. The number of nitrogens with zero attached hydrogens (tertiary/aromatic N) is 1. The molecule has 0 saturated heterocycles. The molecule has 2 aromatic rings. The largest absolute Gasteiger partial charge is 0.494 e. The van der Waals surface area contributed by atoms with Crippen molar-refractivity contribution in [3.63, 3.8) is 0 Å². The minimum Gasteiger partial charge on any atom is -0.494 e. The summed E-state index contributed by atoms with van der Waals surface area (Å²) in [5, 5.41) is 0. The number of anilines is 1. The quantitative estimate of drug-likeness (QED) is 0.790. The standard InChI is InChI=1S/C18H18FNO2/c19-16-9-4-6-14-11-12-20(18(14)16)17(21)10-5-13-22-15-7-2-1-3-8-15/h1-4,6-9H,5,10-13H2. The molecule has 3 nitrogen and oxygen atoms in total. The molecule has 114 valence electrons. The maximum Gasteiger partial charge on any atom is 0.227 e. The average molecular weight is 299 g/mol. The summed E-state index contributed by atoms with van der Waals surface area (Å²) >= 11 is 0. The van der Waals surface area contributed by atoms with E-state index in [4.69, 9.17) is 4.74 Å². The Labute approximate surface area is 129 Å². The molecule has 3 rings (SSSR count). The van der Waals surface area contributed by atoms with Gasteiger partial charge in [-0.25, -0.2) is 4.39 Å². The molecule has 0 N–H and O–H groups in total. The van der Waals surface area contributed by atoms with E-state index in [1.807, 2.05) is 36.4 Å². The lowest BCUT2D eigenvalue weighted by atomic mass is 10.1. The fraction of sp³-hybridized carbons (Fsp3) is 0.278. The molecule has 1 amide bonds. The number of ether oxygens (including phenoxy) is 1. The van der Waals surface area contributed by atoms with Gasteiger partial charge in [0.2, 0.25) is 5.91 Å². The summed E-state index contributed by atoms with van der Waals surface area (Å²) in [6, 6.07) is 14.5. The third kappa shape index (κ3) is 3.11. The van der Waals surface area contributed by atoms with Gasteiger partial charge in [-0.2, -0.15) is 0 Å². The Morgan fingerprint density at radius 1 is 1.14 bits per heavy atom. The summed E-state index contributed by atoms with van der Waals surface area (Å²) in [6.45, 7) is 1.04. The van der Waals surface area contributed by atoms with Crippen LogP contribution in [-0.2, 0) is 11.2 Å². The summed E-state index contributed by atoms with van der Waals surface area (Å²) < 4.78 is 19.5. The van der Waals surface area contributed by atoms with Crippen LogP contribution in [0.15, 0.2) is 48.5 Å². The zero-order valence-electron chi connectivity index (χ0n) is 12.3. The lowest BCUT2D eigenvalue weighted by molar-refractivity contribution is -0.118. The molecule has 0 aliphatic carbocycles. The molecule has 0 aromatic heterocycles. The van der Waals surface area contributed by atoms with Crippen LogP contribution in [0, 0.1) is 5.82 Å². The number of carbonyl (C=O) groups is 1. The van der Waals surface area contributed by atoms with Crippen molar-refractivity contribution in [3.05, 3.63) is 59.9 Å². The van der Waals surface area contributed by atoms with Gasteiger partial charge in [-0.3, -0.25) is 4.79 Å². The van der Waals surface area contributed by atoms with Crippen molar-refractivity contribution in [2.75, 3.05) is 18.1 Å². The van der Waals surface area contributed by atoms with Gasteiger partial charge in [0, 0.05) is 13.0 Å². The van der Waals surface area contributed by atoms with Crippen molar-refractivity contribution < 1.29 is 13.9 Å². The normalized spacial score (nSPS) is 13.0. The Hall–Kier alpha value is -2.36. The number of benzene rings is 2. The molecular weight excluding hydrogens is 281 g/mol. The Balaban J connectivity index is 1.52. The summed E-state index contributed by atoms with van der Waals surface area (Å²) in [5.41, 5.74) is 1.37. The SMILES string of the molecule is O=C(CCCOc1ccccc1)N1CCc2cccc(F)c21. The highest BCUT2D eigenvalue weighted by Gasteiger charge is 2.26. The average Bonchev–Trinajstić information content (AvgIpc) is 2.98. The second-order valence-corrected chi connectivity index (χ2v) is 5.31. The Bertz CT molecular complexity index is 657. The van der Waals surface area contributed by atoms with E-state index in [1.54, 1.807) is 11.0 Å². The molecule has 0 bridgehead atoms. The Kier molecular flexibility index (Phi) is 4.37. The summed E-state index contributed by atoms with van der Waals surface area (Å²) in [7, 11) is 0. The maximum absolute atomic E-state index is 13.9. The molecule has 0 saturated carbocycles. The molecule has 0 radical (unpaired) electrons. The third-order valence-electron chi connectivity index (χ3n) is 3.79. The molecule has 4 heteroatoms. The van der Waals surface area contributed by atoms with Crippen LogP contribution < -0.4 is 9.64 Å². The number of hydrogen-bond acceptors (Lipinski definition) is 2. The van der Waals surface area contributed by atoms with Gasteiger partial charge in [-0.15, -0.1) is 0 Å². The van der Waals surface area contributed by atoms with E-state index >= 15 is 0 Å². The Morgan fingerprint density at radius 3 is 2.77 bits per heavy atom. The molecular formula is C18H18FNO2. The van der Waals surface area contributed by atoms with Gasteiger partial charge in [0.1, 0.15) is 11.6 Å². The number of halogens is 1. The second kappa shape index (κ2) is 6.60. The van der Waals surface area contributed by atoms with Crippen molar-refractivity contribution >= 4 is 11.6 Å². The van der Waals surface area contributed by atoms with Crippen molar-refractivity contribution in [2.24, 2.45) is 0 Å². The lowest BCUT2D eigenvalue weighted by Gasteiger charge is -2.18. The van der Waals surface area contributed by atoms with E-state index in [9.17, 15) is 9.18 Å². The summed E-state index contributed by atoms with van der Waals surface area (Å²) in [5.74, 6) is 0.442. The first kappa shape index (κ1) is 14.6. The topological polar surface area (TPSA) is 29.5 Å². The van der Waals surface area contributed by atoms with Crippen LogP contribution >= 0.6 is 0 Å². The van der Waals surface area contributed by atoms with Crippen molar-refractivity contribution in [1.82, 2.24) is 0 Å². The number of amides is 1. The van der Waals surface area contributed by atoms with Crippen LogP contribution in [0.1, 0.15) is 18.4 Å². The highest BCUT2D eigenvalue weighted by Crippen LogP contribution is 2.31. The van der Waals surface area contributed by atoms with Crippen molar-refractivity contribution in [1.29, 1.82) is 0 Å². The smallest absolute Gasteiger partial charge is 0.227 e. The van der Waals surface area contributed by atoms with Gasteiger partial charge >= 0.3 is 0 Å². The molecule has 0 unspecified atom stereocenters. The zero-order valence-corrected chi connectivity index (χ0v) is 12.3. The van der Waals surface area contributed by atoms with E-state index < -0.39 is 0 Å². The fourth-order valence-corrected chi connectivity index (χ4v) is 2.72. The highest BCUT2D eigenvalue weighted by atomic mass is 19.1. The van der Waals surface area contributed by atoms with Crippen LogP contribution in [0.2, 0.25) is 0 Å². The van der Waals surface area contributed by atoms with Crippen LogP contribution in [0.4, 0.5) is 10.1 Å². The summed E-state index contributed by atoms with van der Waals surface area (Å²) in [6.07, 6.45) is 1.70. The third-order valence-corrected chi connectivity index (χ3v) is 3.79. The zero-order chi connectivity index (χ0) is 15.4. The molecule has 1 aliphatic heterocycles. The molecule has 0 spiro atoms. The van der Waals surface area contributed by atoms with Crippen LogP contribution in [0.3, 0.4) is 0 Å². The predicted octanol–water partition coefficient (Wildman–Crippen LogP) is 3.57. The van der Waals surface area contributed by atoms with E-state index in [2.05, 4.69) is 0 Å². The van der Waals surface area contributed by atoms with Crippen molar-refractivity contribution in [2.45, 2.75) is 19.3 Å². The minimum absolute atomic E-state index is 0.0412. The number of fused-ring (bicyclic) bond motifs is 1.